The number of nitrogens with two attached hydrogens (primary N) is 1. The van der Waals surface area contributed by atoms with Crippen LogP contribution < -0.4 is 15.8 Å². The Hall–Kier alpha value is -1.62. The lowest BCUT2D eigenvalue weighted by Gasteiger charge is -2.18. The van der Waals surface area contributed by atoms with Crippen molar-refractivity contribution in [3.8, 4) is 5.75 Å². The number of rotatable bonds is 5. The molecule has 104 valence electrons. The van der Waals surface area contributed by atoms with Crippen molar-refractivity contribution >= 4 is 23.1 Å². The van der Waals surface area contributed by atoms with E-state index in [1.54, 1.807) is 13.0 Å². The van der Waals surface area contributed by atoms with Gasteiger partial charge in [-0.05, 0) is 39.3 Å². The average Bonchev–Trinajstić information content (AvgIpc) is 2.30. The number of ether oxygens (including phenoxy) is 1. The lowest BCUT2D eigenvalue weighted by molar-refractivity contribution is -0.127. The fourth-order valence-electron chi connectivity index (χ4n) is 1.53. The van der Waals surface area contributed by atoms with Crippen molar-refractivity contribution in [1.29, 1.82) is 0 Å². The molecule has 1 rings (SSSR count). The maximum absolute atomic E-state index is 11.8. The van der Waals surface area contributed by atoms with Gasteiger partial charge in [0, 0.05) is 11.6 Å². The Morgan fingerprint density at radius 2 is 2.00 bits per heavy atom. The zero-order valence-electron chi connectivity index (χ0n) is 11.7. The minimum atomic E-state index is -0.567. The van der Waals surface area contributed by atoms with Gasteiger partial charge >= 0.3 is 0 Å². The number of amides is 1. The first kappa shape index (κ1) is 15.4. The third-order valence-corrected chi connectivity index (χ3v) is 2.81. The molecule has 0 spiro atoms. The molecule has 19 heavy (non-hydrogen) atoms. The Labute approximate surface area is 119 Å². The molecule has 0 heterocycles. The number of nitrogens with one attached hydrogen (secondary N) is 1. The Morgan fingerprint density at radius 1 is 1.37 bits per heavy atom. The van der Waals surface area contributed by atoms with Crippen LogP contribution in [0.2, 0.25) is 0 Å². The van der Waals surface area contributed by atoms with Gasteiger partial charge in [-0.15, -0.1) is 0 Å². The molecule has 1 unspecified atom stereocenters. The number of hydrogen-bond donors (Lipinski definition) is 2. The predicted octanol–water partition coefficient (Wildman–Crippen LogP) is 1.92. The topological polar surface area (TPSA) is 64.3 Å². The van der Waals surface area contributed by atoms with E-state index < -0.39 is 6.10 Å². The van der Waals surface area contributed by atoms with E-state index in [-0.39, 0.29) is 11.9 Å². The van der Waals surface area contributed by atoms with E-state index in [4.69, 9.17) is 22.7 Å². The molecule has 0 aliphatic rings. The van der Waals surface area contributed by atoms with Gasteiger partial charge in [-0.1, -0.05) is 24.4 Å². The van der Waals surface area contributed by atoms with E-state index in [0.29, 0.717) is 10.7 Å². The molecular weight excluding hydrogens is 260 g/mol. The third kappa shape index (κ3) is 4.52. The molecule has 0 radical (unpaired) electrons. The highest BCUT2D eigenvalue weighted by atomic mass is 32.1. The van der Waals surface area contributed by atoms with Crippen molar-refractivity contribution in [3.63, 3.8) is 0 Å². The molecule has 5 heteroatoms. The summed E-state index contributed by atoms with van der Waals surface area (Å²) in [4.78, 5) is 12.1. The Bertz CT molecular complexity index is 486. The molecular formula is C14H20N2O2S. The average molecular weight is 280 g/mol. The molecule has 4 nitrogen and oxygen atoms in total. The molecule has 0 fully saturated rings. The van der Waals surface area contributed by atoms with Crippen molar-refractivity contribution < 1.29 is 9.53 Å². The van der Waals surface area contributed by atoms with E-state index in [2.05, 4.69) is 5.32 Å². The molecule has 0 bridgehead atoms. The van der Waals surface area contributed by atoms with E-state index >= 15 is 0 Å². The summed E-state index contributed by atoms with van der Waals surface area (Å²) in [5.41, 5.74) is 7.25. The maximum atomic E-state index is 11.8. The van der Waals surface area contributed by atoms with Crippen LogP contribution in [0.5, 0.6) is 5.75 Å². The fraction of sp³-hybridized carbons (Fsp3) is 0.429. The summed E-state index contributed by atoms with van der Waals surface area (Å²) in [5, 5.41) is 2.81. The van der Waals surface area contributed by atoms with E-state index in [1.807, 2.05) is 32.9 Å². The van der Waals surface area contributed by atoms with Crippen molar-refractivity contribution in [3.05, 3.63) is 29.3 Å². The number of carbonyl (C=O) groups excluding carboxylic acids is 1. The van der Waals surface area contributed by atoms with Crippen molar-refractivity contribution in [2.45, 2.75) is 39.8 Å². The largest absolute Gasteiger partial charge is 0.481 e. The smallest absolute Gasteiger partial charge is 0.260 e. The lowest BCUT2D eigenvalue weighted by Crippen LogP contribution is -2.40. The highest BCUT2D eigenvalue weighted by Crippen LogP contribution is 2.21. The minimum absolute atomic E-state index is 0.0857. The molecule has 3 N–H and O–H groups in total. The van der Waals surface area contributed by atoms with E-state index in [1.165, 1.54) is 0 Å². The molecule has 0 saturated heterocycles. The fourth-order valence-corrected chi connectivity index (χ4v) is 1.65. The van der Waals surface area contributed by atoms with Crippen LogP contribution in [0.1, 0.15) is 31.9 Å². The summed E-state index contributed by atoms with van der Waals surface area (Å²) < 4.78 is 5.67. The second-order valence-corrected chi connectivity index (χ2v) is 5.21. The maximum Gasteiger partial charge on any atom is 0.260 e. The second kappa shape index (κ2) is 6.52. The van der Waals surface area contributed by atoms with Gasteiger partial charge in [0.15, 0.2) is 6.10 Å². The molecule has 1 atom stereocenters. The predicted molar refractivity (Wildman–Crippen MR) is 80.4 cm³/mol. The van der Waals surface area contributed by atoms with Crippen LogP contribution in [0.15, 0.2) is 18.2 Å². The van der Waals surface area contributed by atoms with Crippen LogP contribution in [-0.4, -0.2) is 23.0 Å². The summed E-state index contributed by atoms with van der Waals surface area (Å²) in [6.07, 6.45) is -0.567. The first-order chi connectivity index (χ1) is 8.81. The van der Waals surface area contributed by atoms with Crippen LogP contribution in [0, 0.1) is 6.92 Å². The molecule has 0 aliphatic carbocycles. The quantitative estimate of drug-likeness (QED) is 0.809. The van der Waals surface area contributed by atoms with Crippen LogP contribution in [0.25, 0.3) is 0 Å². The van der Waals surface area contributed by atoms with E-state index in [9.17, 15) is 4.79 Å². The zero-order chi connectivity index (χ0) is 14.6. The highest BCUT2D eigenvalue weighted by Gasteiger charge is 2.16. The lowest BCUT2D eigenvalue weighted by atomic mass is 10.1. The Morgan fingerprint density at radius 3 is 2.53 bits per heavy atom. The van der Waals surface area contributed by atoms with Gasteiger partial charge < -0.3 is 15.8 Å². The summed E-state index contributed by atoms with van der Waals surface area (Å²) in [6, 6.07) is 5.56. The number of carbonyl (C=O) groups is 1. The third-order valence-electron chi connectivity index (χ3n) is 2.58. The molecule has 0 saturated carbocycles. The Kier molecular flexibility index (Phi) is 5.30. The van der Waals surface area contributed by atoms with Gasteiger partial charge in [0.25, 0.3) is 5.91 Å². The SMILES string of the molecule is Cc1ccc(C(N)=S)cc1OC(C)C(=O)NC(C)C. The van der Waals surface area contributed by atoms with E-state index in [0.717, 1.165) is 11.1 Å². The Balaban J connectivity index is 2.84. The van der Waals surface area contributed by atoms with Crippen LogP contribution in [0.3, 0.4) is 0 Å². The van der Waals surface area contributed by atoms with Crippen LogP contribution >= 0.6 is 12.2 Å². The van der Waals surface area contributed by atoms with Crippen LogP contribution in [0.4, 0.5) is 0 Å². The summed E-state index contributed by atoms with van der Waals surface area (Å²) in [7, 11) is 0. The first-order valence-electron chi connectivity index (χ1n) is 6.18. The zero-order valence-corrected chi connectivity index (χ0v) is 12.5. The second-order valence-electron chi connectivity index (χ2n) is 4.77. The minimum Gasteiger partial charge on any atom is -0.481 e. The number of aryl methyl sites for hydroxylation is 1. The molecule has 1 aromatic carbocycles. The van der Waals surface area contributed by atoms with Gasteiger partial charge in [-0.3, -0.25) is 4.79 Å². The first-order valence-corrected chi connectivity index (χ1v) is 6.59. The van der Waals surface area contributed by atoms with Crippen molar-refractivity contribution in [2.75, 3.05) is 0 Å². The standard InChI is InChI=1S/C14H20N2O2S/c1-8(2)16-14(17)10(4)18-12-7-11(13(15)19)6-5-9(12)3/h5-8,10H,1-4H3,(H2,15,19)(H,16,17). The molecule has 0 aliphatic heterocycles. The number of hydrogen-bond acceptors (Lipinski definition) is 3. The summed E-state index contributed by atoms with van der Waals surface area (Å²) in [5.74, 6) is 0.479. The number of thiocarbonyl (C=S) groups is 1. The highest BCUT2D eigenvalue weighted by molar-refractivity contribution is 7.80. The van der Waals surface area contributed by atoms with Gasteiger partial charge in [0.2, 0.25) is 0 Å². The molecule has 0 aromatic heterocycles. The van der Waals surface area contributed by atoms with Gasteiger partial charge in [0.1, 0.15) is 10.7 Å². The summed E-state index contributed by atoms with van der Waals surface area (Å²) in [6.45, 7) is 7.43. The van der Waals surface area contributed by atoms with Crippen LogP contribution in [-0.2, 0) is 4.79 Å². The van der Waals surface area contributed by atoms with Gasteiger partial charge in [0.05, 0.1) is 0 Å². The van der Waals surface area contributed by atoms with Crippen molar-refractivity contribution in [2.24, 2.45) is 5.73 Å². The monoisotopic (exact) mass is 280 g/mol. The normalized spacial score (nSPS) is 12.1. The van der Waals surface area contributed by atoms with Crippen molar-refractivity contribution in [1.82, 2.24) is 5.32 Å². The van der Waals surface area contributed by atoms with Gasteiger partial charge in [-0.25, -0.2) is 0 Å². The van der Waals surface area contributed by atoms with Gasteiger partial charge in [-0.2, -0.15) is 0 Å². The number of benzene rings is 1. The molecule has 1 amide bonds. The molecule has 1 aromatic rings. The summed E-state index contributed by atoms with van der Waals surface area (Å²) >= 11 is 4.93.